The lowest BCUT2D eigenvalue weighted by Gasteiger charge is -1.99. The molecule has 1 aromatic rings. The van der Waals surface area contributed by atoms with Crippen molar-refractivity contribution in [2.24, 2.45) is 17.3 Å². The van der Waals surface area contributed by atoms with Crippen LogP contribution in [0.2, 0.25) is 0 Å². The molecular weight excluding hydrogens is 224 g/mol. The largest absolute Gasteiger partial charge is 0.469 e. The van der Waals surface area contributed by atoms with E-state index in [0.29, 0.717) is 5.92 Å². The third-order valence-corrected chi connectivity index (χ3v) is 3.91. The summed E-state index contributed by atoms with van der Waals surface area (Å²) in [6.07, 6.45) is 5.24. The molecular formula is C16H20O2. The van der Waals surface area contributed by atoms with E-state index in [4.69, 9.17) is 4.74 Å². The van der Waals surface area contributed by atoms with E-state index in [1.165, 1.54) is 12.7 Å². The summed E-state index contributed by atoms with van der Waals surface area (Å²) in [6, 6.07) is 10.3. The van der Waals surface area contributed by atoms with Crippen LogP contribution in [0.15, 0.2) is 42.5 Å². The van der Waals surface area contributed by atoms with Crippen molar-refractivity contribution in [1.82, 2.24) is 0 Å². The Bertz CT molecular complexity index is 445. The van der Waals surface area contributed by atoms with Crippen LogP contribution < -0.4 is 0 Å². The first-order valence-corrected chi connectivity index (χ1v) is 6.36. The SMILES string of the molecule is COC(=O)[C@@H]1[C@@H](C=CCc2ccccc2)C1(C)C. The number of allylic oxidation sites excluding steroid dienone is 2. The molecule has 0 bridgehead atoms. The van der Waals surface area contributed by atoms with Gasteiger partial charge in [-0.15, -0.1) is 0 Å². The minimum atomic E-state index is -0.0886. The minimum Gasteiger partial charge on any atom is -0.469 e. The summed E-state index contributed by atoms with van der Waals surface area (Å²) in [5.74, 6) is 0.248. The van der Waals surface area contributed by atoms with Gasteiger partial charge in [-0.2, -0.15) is 0 Å². The molecule has 1 aliphatic rings. The molecule has 1 saturated carbocycles. The van der Waals surface area contributed by atoms with Crippen LogP contribution >= 0.6 is 0 Å². The summed E-state index contributed by atoms with van der Waals surface area (Å²) in [5, 5.41) is 0. The highest BCUT2D eigenvalue weighted by atomic mass is 16.5. The lowest BCUT2D eigenvalue weighted by molar-refractivity contribution is -0.143. The average Bonchev–Trinajstić information content (AvgIpc) is 2.92. The molecule has 0 spiro atoms. The minimum absolute atomic E-state index is 0.0227. The molecule has 0 radical (unpaired) electrons. The van der Waals surface area contributed by atoms with Gasteiger partial charge in [0.15, 0.2) is 0 Å². The zero-order valence-corrected chi connectivity index (χ0v) is 11.2. The number of carbonyl (C=O) groups is 1. The normalized spacial score (nSPS) is 25.1. The predicted octanol–water partition coefficient (Wildman–Crippen LogP) is 3.23. The monoisotopic (exact) mass is 244 g/mol. The number of carbonyl (C=O) groups excluding carboxylic acids is 1. The smallest absolute Gasteiger partial charge is 0.309 e. The summed E-state index contributed by atoms with van der Waals surface area (Å²) >= 11 is 0. The van der Waals surface area contributed by atoms with Gasteiger partial charge in [-0.25, -0.2) is 0 Å². The number of methoxy groups -OCH3 is 1. The summed E-state index contributed by atoms with van der Waals surface area (Å²) in [5.41, 5.74) is 1.34. The van der Waals surface area contributed by atoms with Crippen LogP contribution in [-0.2, 0) is 16.0 Å². The van der Waals surface area contributed by atoms with Gasteiger partial charge in [0.25, 0.3) is 0 Å². The number of hydrogen-bond donors (Lipinski definition) is 0. The molecule has 2 nitrogen and oxygen atoms in total. The topological polar surface area (TPSA) is 26.3 Å². The van der Waals surface area contributed by atoms with Gasteiger partial charge in [-0.3, -0.25) is 4.79 Å². The molecule has 0 unspecified atom stereocenters. The van der Waals surface area contributed by atoms with Crippen LogP contribution in [0.5, 0.6) is 0 Å². The van der Waals surface area contributed by atoms with Crippen molar-refractivity contribution in [3.63, 3.8) is 0 Å². The van der Waals surface area contributed by atoms with Crippen LogP contribution in [0.3, 0.4) is 0 Å². The maximum atomic E-state index is 11.6. The van der Waals surface area contributed by atoms with E-state index in [2.05, 4.69) is 38.1 Å². The maximum absolute atomic E-state index is 11.6. The quantitative estimate of drug-likeness (QED) is 0.600. The fourth-order valence-corrected chi connectivity index (χ4v) is 2.58. The molecule has 0 aliphatic heterocycles. The van der Waals surface area contributed by atoms with Gasteiger partial charge in [0.05, 0.1) is 13.0 Å². The van der Waals surface area contributed by atoms with Crippen molar-refractivity contribution >= 4 is 5.97 Å². The fraction of sp³-hybridized carbons (Fsp3) is 0.438. The Balaban J connectivity index is 1.93. The van der Waals surface area contributed by atoms with Gasteiger partial charge >= 0.3 is 5.97 Å². The fourth-order valence-electron chi connectivity index (χ4n) is 2.58. The molecule has 1 aliphatic carbocycles. The van der Waals surface area contributed by atoms with E-state index < -0.39 is 0 Å². The number of rotatable bonds is 4. The summed E-state index contributed by atoms with van der Waals surface area (Å²) in [6.45, 7) is 4.23. The highest BCUT2D eigenvalue weighted by molar-refractivity contribution is 5.78. The Hall–Kier alpha value is -1.57. The maximum Gasteiger partial charge on any atom is 0.309 e. The van der Waals surface area contributed by atoms with Crippen molar-refractivity contribution < 1.29 is 9.53 Å². The number of hydrogen-bond acceptors (Lipinski definition) is 2. The van der Waals surface area contributed by atoms with Gasteiger partial charge in [0.2, 0.25) is 0 Å². The summed E-state index contributed by atoms with van der Waals surface area (Å²) < 4.78 is 4.83. The first-order valence-electron chi connectivity index (χ1n) is 6.36. The summed E-state index contributed by atoms with van der Waals surface area (Å²) in [4.78, 5) is 11.6. The van der Waals surface area contributed by atoms with Crippen molar-refractivity contribution in [2.45, 2.75) is 20.3 Å². The van der Waals surface area contributed by atoms with Crippen molar-refractivity contribution in [3.05, 3.63) is 48.0 Å². The lowest BCUT2D eigenvalue weighted by Crippen LogP contribution is -2.07. The lowest BCUT2D eigenvalue weighted by atomic mass is 10.1. The van der Waals surface area contributed by atoms with E-state index in [0.717, 1.165) is 6.42 Å². The van der Waals surface area contributed by atoms with Crippen LogP contribution in [0.1, 0.15) is 19.4 Å². The van der Waals surface area contributed by atoms with Gasteiger partial charge in [-0.05, 0) is 23.3 Å². The first kappa shape index (κ1) is 12.9. The Morgan fingerprint density at radius 2 is 2.00 bits per heavy atom. The van der Waals surface area contributed by atoms with Crippen molar-refractivity contribution in [3.8, 4) is 0 Å². The van der Waals surface area contributed by atoms with E-state index in [1.807, 2.05) is 18.2 Å². The Morgan fingerprint density at radius 1 is 1.33 bits per heavy atom. The molecule has 2 atom stereocenters. The second-order valence-corrected chi connectivity index (χ2v) is 5.47. The average molecular weight is 244 g/mol. The van der Waals surface area contributed by atoms with Crippen molar-refractivity contribution in [1.29, 1.82) is 0 Å². The highest BCUT2D eigenvalue weighted by Crippen LogP contribution is 2.59. The molecule has 0 saturated heterocycles. The van der Waals surface area contributed by atoms with E-state index in [1.54, 1.807) is 0 Å². The molecule has 1 aromatic carbocycles. The van der Waals surface area contributed by atoms with Gasteiger partial charge in [-0.1, -0.05) is 56.3 Å². The second-order valence-electron chi connectivity index (χ2n) is 5.47. The molecule has 2 rings (SSSR count). The highest BCUT2D eigenvalue weighted by Gasteiger charge is 2.61. The molecule has 0 N–H and O–H groups in total. The summed E-state index contributed by atoms with van der Waals surface area (Å²) in [7, 11) is 1.46. The molecule has 0 amide bonds. The van der Waals surface area contributed by atoms with Crippen LogP contribution in [0, 0.1) is 17.3 Å². The van der Waals surface area contributed by atoms with Crippen LogP contribution in [-0.4, -0.2) is 13.1 Å². The predicted molar refractivity (Wildman–Crippen MR) is 72.1 cm³/mol. The number of ether oxygens (including phenoxy) is 1. The number of benzene rings is 1. The van der Waals surface area contributed by atoms with E-state index in [-0.39, 0.29) is 17.3 Å². The van der Waals surface area contributed by atoms with Crippen LogP contribution in [0.25, 0.3) is 0 Å². The van der Waals surface area contributed by atoms with Gasteiger partial charge < -0.3 is 4.74 Å². The Labute approximate surface area is 109 Å². The van der Waals surface area contributed by atoms with Gasteiger partial charge in [0.1, 0.15) is 0 Å². The molecule has 2 heteroatoms. The molecule has 0 aromatic heterocycles. The van der Waals surface area contributed by atoms with Crippen molar-refractivity contribution in [2.75, 3.05) is 7.11 Å². The van der Waals surface area contributed by atoms with Gasteiger partial charge in [0, 0.05) is 0 Å². The molecule has 0 heterocycles. The zero-order valence-electron chi connectivity index (χ0n) is 11.2. The third kappa shape index (κ3) is 2.47. The number of esters is 1. The molecule has 18 heavy (non-hydrogen) atoms. The van der Waals surface area contributed by atoms with Crippen LogP contribution in [0.4, 0.5) is 0 Å². The standard InChI is InChI=1S/C16H20O2/c1-16(2)13(14(16)15(17)18-3)11-7-10-12-8-5-4-6-9-12/h4-9,11,13-14H,10H2,1-3H3/t13-,14+/m1/s1. The Morgan fingerprint density at radius 3 is 2.61 bits per heavy atom. The Kier molecular flexibility index (Phi) is 3.55. The molecule has 96 valence electrons. The van der Waals surface area contributed by atoms with E-state index >= 15 is 0 Å². The zero-order chi connectivity index (χ0) is 13.2. The third-order valence-electron chi connectivity index (χ3n) is 3.91. The molecule has 1 fully saturated rings. The first-order chi connectivity index (χ1) is 8.57. The van der Waals surface area contributed by atoms with E-state index in [9.17, 15) is 4.79 Å². The second kappa shape index (κ2) is 4.97.